The molecule has 2 aromatic carbocycles. The molecule has 1 aliphatic rings. The molecule has 2 aromatic rings. The largest absolute Gasteiger partial charge is 0.392 e. The van der Waals surface area contributed by atoms with Crippen LogP contribution in [-0.4, -0.2) is 17.0 Å². The monoisotopic (exact) mass is 424 g/mol. The van der Waals surface area contributed by atoms with Crippen LogP contribution in [0.3, 0.4) is 0 Å². The molecule has 0 radical (unpaired) electrons. The molecule has 0 unspecified atom stereocenters. The Morgan fingerprint density at radius 1 is 0.781 bits per heavy atom. The third-order valence-corrected chi connectivity index (χ3v) is 4.77. The van der Waals surface area contributed by atoms with Gasteiger partial charge in [0.2, 0.25) is 0 Å². The normalized spacial score (nSPS) is 18.8. The van der Waals surface area contributed by atoms with Gasteiger partial charge in [0.1, 0.15) is 0 Å². The van der Waals surface area contributed by atoms with Crippen LogP contribution in [0.1, 0.15) is 24.0 Å². The molecule has 0 amide bonds. The average Bonchev–Trinajstić information content (AvgIpc) is 2.79. The first-order valence-electron chi connectivity index (χ1n) is 9.86. The zero-order valence-corrected chi connectivity index (χ0v) is 17.1. The standard InChI is InChI=1S/C24H20N6O2/c25-29-27-21-11-7-17(8-12-21)3-1-5-19-15-23(31)16-20(24(19)32)6-2-4-18-9-13-22(14-10-18)28-30-26/h1-14,23,31H,15-16H2/b3-1+,4-2+,19-5+,20-6+. The van der Waals surface area contributed by atoms with Crippen LogP contribution in [0.5, 0.6) is 0 Å². The SMILES string of the molecule is [N-]=[N+]=Nc1ccc(/C=C/C=C2\CC(O)C/C(=C\C=C\c3ccc(N=[N+]=[N-])cc3)C2=O)cc1. The van der Waals surface area contributed by atoms with Crippen LogP contribution in [0.4, 0.5) is 11.4 Å². The highest BCUT2D eigenvalue weighted by atomic mass is 16.3. The number of azide groups is 2. The Bertz CT molecular complexity index is 1100. The molecule has 1 N–H and O–H groups in total. The number of aliphatic hydroxyl groups is 1. The molecule has 0 aliphatic heterocycles. The van der Waals surface area contributed by atoms with E-state index < -0.39 is 6.10 Å². The van der Waals surface area contributed by atoms with Crippen molar-refractivity contribution < 1.29 is 9.90 Å². The molecule has 0 atom stereocenters. The second-order valence-electron chi connectivity index (χ2n) is 7.06. The lowest BCUT2D eigenvalue weighted by Gasteiger charge is -2.21. The van der Waals surface area contributed by atoms with Crippen molar-refractivity contribution in [3.63, 3.8) is 0 Å². The number of rotatable bonds is 6. The summed E-state index contributed by atoms with van der Waals surface area (Å²) in [4.78, 5) is 18.3. The number of carbonyl (C=O) groups is 1. The summed E-state index contributed by atoms with van der Waals surface area (Å²) >= 11 is 0. The van der Waals surface area contributed by atoms with E-state index in [0.29, 0.717) is 35.4 Å². The van der Waals surface area contributed by atoms with Gasteiger partial charge >= 0.3 is 0 Å². The maximum atomic E-state index is 12.8. The molecule has 8 nitrogen and oxygen atoms in total. The van der Waals surface area contributed by atoms with Crippen molar-refractivity contribution in [3.8, 4) is 0 Å². The van der Waals surface area contributed by atoms with Crippen molar-refractivity contribution in [2.45, 2.75) is 18.9 Å². The predicted molar refractivity (Wildman–Crippen MR) is 125 cm³/mol. The number of hydrogen-bond acceptors (Lipinski definition) is 4. The van der Waals surface area contributed by atoms with Crippen LogP contribution in [0.2, 0.25) is 0 Å². The summed E-state index contributed by atoms with van der Waals surface area (Å²) in [6.45, 7) is 0. The molecule has 8 heteroatoms. The second-order valence-corrected chi connectivity index (χ2v) is 7.06. The lowest BCUT2D eigenvalue weighted by molar-refractivity contribution is -0.113. The molecule has 0 saturated heterocycles. The Morgan fingerprint density at radius 3 is 1.56 bits per heavy atom. The van der Waals surface area contributed by atoms with Gasteiger partial charge in [0, 0.05) is 45.2 Å². The van der Waals surface area contributed by atoms with Crippen LogP contribution in [-0.2, 0) is 4.79 Å². The quantitative estimate of drug-likeness (QED) is 0.234. The molecule has 158 valence electrons. The molecule has 1 aliphatic carbocycles. The Kier molecular flexibility index (Phi) is 7.79. The van der Waals surface area contributed by atoms with E-state index >= 15 is 0 Å². The molecular formula is C24H20N6O2. The molecule has 1 fully saturated rings. The Labute approximate surface area is 184 Å². The molecule has 0 heterocycles. The van der Waals surface area contributed by atoms with E-state index in [4.69, 9.17) is 11.1 Å². The van der Waals surface area contributed by atoms with Gasteiger partial charge in [-0.15, -0.1) is 0 Å². The highest BCUT2D eigenvalue weighted by Crippen LogP contribution is 2.26. The second kappa shape index (κ2) is 11.2. The van der Waals surface area contributed by atoms with Crippen molar-refractivity contribution in [1.82, 2.24) is 0 Å². The number of carbonyl (C=O) groups excluding carboxylic acids is 1. The molecule has 32 heavy (non-hydrogen) atoms. The van der Waals surface area contributed by atoms with Crippen LogP contribution in [0.25, 0.3) is 33.0 Å². The smallest absolute Gasteiger partial charge is 0.185 e. The fourth-order valence-corrected chi connectivity index (χ4v) is 3.22. The number of allylic oxidation sites excluding steroid dienone is 4. The van der Waals surface area contributed by atoms with E-state index in [-0.39, 0.29) is 5.78 Å². The molecule has 3 rings (SSSR count). The average molecular weight is 424 g/mol. The van der Waals surface area contributed by atoms with Gasteiger partial charge in [-0.3, -0.25) is 4.79 Å². The number of hydrogen-bond donors (Lipinski definition) is 1. The third-order valence-electron chi connectivity index (χ3n) is 4.77. The van der Waals surface area contributed by atoms with Gasteiger partial charge in [0.15, 0.2) is 5.78 Å². The first-order valence-corrected chi connectivity index (χ1v) is 9.86. The van der Waals surface area contributed by atoms with E-state index in [1.54, 1.807) is 48.6 Å². The van der Waals surface area contributed by atoms with Crippen LogP contribution < -0.4 is 0 Å². The van der Waals surface area contributed by atoms with E-state index in [1.807, 2.05) is 36.4 Å². The van der Waals surface area contributed by atoms with Gasteiger partial charge in [-0.05, 0) is 22.2 Å². The summed E-state index contributed by atoms with van der Waals surface area (Å²) in [5.74, 6) is -0.0815. The summed E-state index contributed by atoms with van der Waals surface area (Å²) in [5, 5.41) is 17.3. The predicted octanol–water partition coefficient (Wildman–Crippen LogP) is 6.87. The van der Waals surface area contributed by atoms with Crippen LogP contribution >= 0.6 is 0 Å². The minimum atomic E-state index is -0.613. The minimum absolute atomic E-state index is 0.0815. The number of nitrogens with zero attached hydrogens (tertiary/aromatic N) is 6. The van der Waals surface area contributed by atoms with E-state index in [9.17, 15) is 9.90 Å². The Balaban J connectivity index is 1.70. The lowest BCUT2D eigenvalue weighted by atomic mass is 9.86. The summed E-state index contributed by atoms with van der Waals surface area (Å²) in [6, 6.07) is 14.1. The zero-order valence-electron chi connectivity index (χ0n) is 17.1. The summed E-state index contributed by atoms with van der Waals surface area (Å²) in [6.07, 6.45) is 10.7. The third kappa shape index (κ3) is 6.32. The number of benzene rings is 2. The van der Waals surface area contributed by atoms with Gasteiger partial charge in [-0.2, -0.15) is 0 Å². The van der Waals surface area contributed by atoms with E-state index in [2.05, 4.69) is 20.1 Å². The van der Waals surface area contributed by atoms with E-state index in [0.717, 1.165) is 11.1 Å². The van der Waals surface area contributed by atoms with Gasteiger partial charge < -0.3 is 5.11 Å². The fourth-order valence-electron chi connectivity index (χ4n) is 3.22. The molecule has 1 saturated carbocycles. The van der Waals surface area contributed by atoms with Crippen molar-refractivity contribution >= 4 is 29.3 Å². The van der Waals surface area contributed by atoms with Gasteiger partial charge in [0.05, 0.1) is 6.10 Å². The summed E-state index contributed by atoms with van der Waals surface area (Å²) < 4.78 is 0. The summed E-state index contributed by atoms with van der Waals surface area (Å²) in [5.41, 5.74) is 20.8. The Hall–Kier alpha value is -4.35. The minimum Gasteiger partial charge on any atom is -0.392 e. The first kappa shape index (κ1) is 22.3. The lowest BCUT2D eigenvalue weighted by Crippen LogP contribution is -2.23. The highest BCUT2D eigenvalue weighted by molar-refractivity contribution is 6.09. The Morgan fingerprint density at radius 2 is 1.19 bits per heavy atom. The van der Waals surface area contributed by atoms with E-state index in [1.165, 1.54) is 0 Å². The number of aliphatic hydroxyl groups excluding tert-OH is 1. The maximum Gasteiger partial charge on any atom is 0.185 e. The fraction of sp³-hybridized carbons (Fsp3) is 0.125. The van der Waals surface area contributed by atoms with Crippen molar-refractivity contribution in [1.29, 1.82) is 0 Å². The van der Waals surface area contributed by atoms with Gasteiger partial charge in [-0.25, -0.2) is 0 Å². The van der Waals surface area contributed by atoms with Crippen LogP contribution in [0, 0.1) is 0 Å². The van der Waals surface area contributed by atoms with Crippen molar-refractivity contribution in [2.75, 3.05) is 0 Å². The van der Waals surface area contributed by atoms with Crippen molar-refractivity contribution in [2.24, 2.45) is 10.2 Å². The topological polar surface area (TPSA) is 135 Å². The van der Waals surface area contributed by atoms with Gasteiger partial charge in [-0.1, -0.05) is 95.2 Å². The molecule has 0 spiro atoms. The van der Waals surface area contributed by atoms with Crippen LogP contribution in [0.15, 0.2) is 94.2 Å². The summed E-state index contributed by atoms with van der Waals surface area (Å²) in [7, 11) is 0. The maximum absolute atomic E-state index is 12.8. The number of ketones is 1. The van der Waals surface area contributed by atoms with Crippen molar-refractivity contribution in [3.05, 3.63) is 116 Å². The number of Topliss-reactive ketones (excluding diaryl/α,β-unsaturated/α-hetero) is 1. The highest BCUT2D eigenvalue weighted by Gasteiger charge is 2.25. The first-order chi connectivity index (χ1) is 15.6. The molecular weight excluding hydrogens is 404 g/mol. The van der Waals surface area contributed by atoms with Gasteiger partial charge in [0.25, 0.3) is 0 Å². The molecule has 0 aromatic heterocycles. The zero-order chi connectivity index (χ0) is 22.8. The molecule has 0 bridgehead atoms.